The lowest BCUT2D eigenvalue weighted by molar-refractivity contribution is -0.0517. The molecule has 0 amide bonds. The zero-order valence-electron chi connectivity index (χ0n) is 22.5. The maximum absolute atomic E-state index is 13.6. The van der Waals surface area contributed by atoms with E-state index < -0.39 is 27.6 Å². The molecule has 0 radical (unpaired) electrons. The molecule has 3 atom stereocenters. The number of rotatable bonds is 6. The van der Waals surface area contributed by atoms with Crippen molar-refractivity contribution in [1.29, 1.82) is 0 Å². The maximum atomic E-state index is 13.6. The third-order valence-electron chi connectivity index (χ3n) is 8.46. The Balaban J connectivity index is 1.36. The lowest BCUT2D eigenvalue weighted by atomic mass is 9.91. The van der Waals surface area contributed by atoms with Gasteiger partial charge in [-0.15, -0.1) is 11.3 Å². The Morgan fingerprint density at radius 3 is 2.21 bits per heavy atom. The van der Waals surface area contributed by atoms with Gasteiger partial charge in [-0.05, 0) is 73.2 Å². The number of hydrogen-bond acceptors (Lipinski definition) is 6. The summed E-state index contributed by atoms with van der Waals surface area (Å²) in [6, 6.07) is 15.7. The summed E-state index contributed by atoms with van der Waals surface area (Å²) in [6.07, 6.45) is 6.41. The average Bonchev–Trinajstić information content (AvgIpc) is 3.71. The number of aromatic nitrogens is 4. The molecule has 2 saturated heterocycles. The van der Waals surface area contributed by atoms with Crippen LogP contribution in [0.15, 0.2) is 78.6 Å². The molecular formula is C30H25ClF3N5O2S2. The van der Waals surface area contributed by atoms with Crippen LogP contribution >= 0.6 is 22.9 Å². The van der Waals surface area contributed by atoms with Gasteiger partial charge in [-0.3, -0.25) is 4.98 Å². The van der Waals surface area contributed by atoms with E-state index in [2.05, 4.69) is 20.6 Å². The molecule has 7 rings (SSSR count). The average molecular weight is 644 g/mol. The van der Waals surface area contributed by atoms with Crippen molar-refractivity contribution < 1.29 is 21.6 Å². The number of thiazole rings is 1. The Morgan fingerprint density at radius 1 is 0.907 bits per heavy atom. The van der Waals surface area contributed by atoms with Crippen molar-refractivity contribution in [2.24, 2.45) is 0 Å². The number of pyridine rings is 1. The number of hydrogen-bond donors (Lipinski definition) is 0. The first kappa shape index (κ1) is 28.5. The fourth-order valence-corrected chi connectivity index (χ4v) is 9.03. The third-order valence-corrected chi connectivity index (χ3v) is 11.3. The molecule has 0 saturated carbocycles. The second-order valence-corrected chi connectivity index (χ2v) is 14.1. The molecule has 7 nitrogen and oxygen atoms in total. The highest BCUT2D eigenvalue weighted by atomic mass is 35.5. The smallest absolute Gasteiger partial charge is 0.321 e. The summed E-state index contributed by atoms with van der Waals surface area (Å²) in [5, 5.41) is 3.47. The van der Waals surface area contributed by atoms with E-state index in [-0.39, 0.29) is 24.8 Å². The number of nitrogens with zero attached hydrogens (tertiary/aromatic N) is 5. The van der Waals surface area contributed by atoms with Crippen LogP contribution in [0.5, 0.6) is 0 Å². The van der Waals surface area contributed by atoms with Crippen LogP contribution in [0.2, 0.25) is 5.02 Å². The molecule has 3 unspecified atom stereocenters. The molecule has 0 spiro atoms. The molecule has 13 heteroatoms. The Bertz CT molecular complexity index is 1870. The molecule has 5 heterocycles. The van der Waals surface area contributed by atoms with Gasteiger partial charge in [0.05, 0.1) is 17.0 Å². The highest BCUT2D eigenvalue weighted by Gasteiger charge is 2.58. The minimum Gasteiger partial charge on any atom is -0.321 e. The van der Waals surface area contributed by atoms with Crippen molar-refractivity contribution in [1.82, 2.24) is 23.8 Å². The Labute approximate surface area is 255 Å². The summed E-state index contributed by atoms with van der Waals surface area (Å²) in [5.41, 5.74) is -0.945. The van der Waals surface area contributed by atoms with Crippen molar-refractivity contribution in [3.05, 3.63) is 99.7 Å². The predicted octanol–water partition coefficient (Wildman–Crippen LogP) is 7.41. The van der Waals surface area contributed by atoms with Crippen LogP contribution in [0.4, 0.5) is 13.2 Å². The highest BCUT2D eigenvalue weighted by molar-refractivity contribution is 7.90. The van der Waals surface area contributed by atoms with Gasteiger partial charge < -0.3 is 4.57 Å². The largest absolute Gasteiger partial charge is 0.511 e. The summed E-state index contributed by atoms with van der Waals surface area (Å²) in [6.45, 7) is 0. The monoisotopic (exact) mass is 643 g/mol. The van der Waals surface area contributed by atoms with Gasteiger partial charge in [0.15, 0.2) is 0 Å². The van der Waals surface area contributed by atoms with Gasteiger partial charge in [0.1, 0.15) is 10.8 Å². The highest BCUT2D eigenvalue weighted by Crippen LogP contribution is 2.47. The summed E-state index contributed by atoms with van der Waals surface area (Å²) < 4.78 is 68.6. The fraction of sp³-hybridized carbons (Fsp3) is 0.300. The van der Waals surface area contributed by atoms with Gasteiger partial charge in [0.25, 0.3) is 0 Å². The number of imidazole rings is 1. The summed E-state index contributed by atoms with van der Waals surface area (Å²) in [7, 11) is -5.42. The molecule has 0 N–H and O–H groups in total. The molecule has 5 aromatic rings. The van der Waals surface area contributed by atoms with Crippen molar-refractivity contribution in [3.8, 4) is 11.4 Å². The first-order chi connectivity index (χ1) is 20.6. The number of benzene rings is 2. The van der Waals surface area contributed by atoms with Gasteiger partial charge in [-0.1, -0.05) is 29.8 Å². The van der Waals surface area contributed by atoms with Gasteiger partial charge in [-0.25, -0.2) is 18.4 Å². The number of alkyl halides is 3. The molecule has 2 aromatic carbocycles. The fourth-order valence-electron chi connectivity index (χ4n) is 6.70. The van der Waals surface area contributed by atoms with Crippen molar-refractivity contribution in [3.63, 3.8) is 0 Å². The van der Waals surface area contributed by atoms with E-state index in [9.17, 15) is 21.6 Å². The second kappa shape index (κ2) is 10.7. The van der Waals surface area contributed by atoms with Gasteiger partial charge >= 0.3 is 15.5 Å². The zero-order valence-corrected chi connectivity index (χ0v) is 24.9. The van der Waals surface area contributed by atoms with Gasteiger partial charge in [0, 0.05) is 52.7 Å². The second-order valence-electron chi connectivity index (χ2n) is 10.9. The van der Waals surface area contributed by atoms with Crippen LogP contribution in [-0.2, 0) is 10.0 Å². The lowest BCUT2D eigenvalue weighted by Gasteiger charge is -2.39. The predicted molar refractivity (Wildman–Crippen MR) is 159 cm³/mol. The molecule has 2 fully saturated rings. The molecule has 0 aliphatic carbocycles. The topological polar surface area (TPSA) is 81.0 Å². The van der Waals surface area contributed by atoms with Crippen molar-refractivity contribution in [2.75, 3.05) is 0 Å². The first-order valence-electron chi connectivity index (χ1n) is 13.8. The molecule has 2 bridgehead atoms. The molecule has 2 aliphatic rings. The SMILES string of the molecule is O=S(=O)(N1C2CCC1CC(n1c(-c3ccncc3)nc3ccc(C(c4ccc(Cl)cc4)c4nccs4)cc31)C2)C(F)(F)F. The molecule has 2 aliphatic heterocycles. The molecule has 43 heavy (non-hydrogen) atoms. The van der Waals surface area contributed by atoms with E-state index in [4.69, 9.17) is 16.6 Å². The van der Waals surface area contributed by atoms with Crippen LogP contribution in [0, 0.1) is 0 Å². The van der Waals surface area contributed by atoms with E-state index >= 15 is 0 Å². The lowest BCUT2D eigenvalue weighted by Crippen LogP contribution is -2.51. The maximum Gasteiger partial charge on any atom is 0.511 e. The van der Waals surface area contributed by atoms with Gasteiger partial charge in [0.2, 0.25) is 0 Å². The quantitative estimate of drug-likeness (QED) is 0.193. The van der Waals surface area contributed by atoms with E-state index in [0.717, 1.165) is 37.0 Å². The molecule has 3 aromatic heterocycles. The molecular weight excluding hydrogens is 619 g/mol. The minimum atomic E-state index is -5.42. The van der Waals surface area contributed by atoms with Crippen LogP contribution < -0.4 is 0 Å². The van der Waals surface area contributed by atoms with E-state index in [1.807, 2.05) is 53.9 Å². The van der Waals surface area contributed by atoms with Crippen LogP contribution in [-0.4, -0.2) is 49.8 Å². The van der Waals surface area contributed by atoms with Crippen LogP contribution in [0.1, 0.15) is 53.8 Å². The summed E-state index contributed by atoms with van der Waals surface area (Å²) in [5.74, 6) is 0.493. The number of sulfonamides is 1. The molecule has 222 valence electrons. The summed E-state index contributed by atoms with van der Waals surface area (Å²) in [4.78, 5) is 13.7. The standard InChI is InChI=1S/C30H25ClF3N5O2S2/c31-21-4-1-18(2-5-21)27(29-36-13-14-42-29)20-3-8-25-26(15-20)38(28(37-25)19-9-11-35-12-10-19)24-16-22-6-7-23(17-24)39(22)43(40,41)30(32,33)34/h1-5,8-15,22-24,27H,6-7,16-17H2. The third kappa shape index (κ3) is 4.94. The zero-order chi connectivity index (χ0) is 29.9. The van der Waals surface area contributed by atoms with E-state index in [1.54, 1.807) is 29.9 Å². The number of halogens is 4. The summed E-state index contributed by atoms with van der Waals surface area (Å²) >= 11 is 7.74. The van der Waals surface area contributed by atoms with Crippen LogP contribution in [0.25, 0.3) is 22.4 Å². The Morgan fingerprint density at radius 2 is 1.58 bits per heavy atom. The van der Waals surface area contributed by atoms with E-state index in [1.165, 1.54) is 0 Å². The van der Waals surface area contributed by atoms with Crippen LogP contribution in [0.3, 0.4) is 0 Å². The Kier molecular flexibility index (Phi) is 7.07. The van der Waals surface area contributed by atoms with Crippen molar-refractivity contribution >= 4 is 44.0 Å². The normalized spacial score (nSPS) is 21.8. The first-order valence-corrected chi connectivity index (χ1v) is 16.5. The minimum absolute atomic E-state index is 0.177. The van der Waals surface area contributed by atoms with Crippen molar-refractivity contribution in [2.45, 2.75) is 55.2 Å². The Hall–Kier alpha value is -3.32. The van der Waals surface area contributed by atoms with Gasteiger partial charge in [-0.2, -0.15) is 17.5 Å². The number of piperidine rings is 1. The van der Waals surface area contributed by atoms with E-state index in [0.29, 0.717) is 23.7 Å². The number of fused-ring (bicyclic) bond motifs is 3.